The van der Waals surface area contributed by atoms with Gasteiger partial charge in [-0.25, -0.2) is 5.43 Å². The van der Waals surface area contributed by atoms with Gasteiger partial charge in [-0.2, -0.15) is 5.10 Å². The fraction of sp³-hybridized carbons (Fsp3) is 0.182. The molecule has 3 rings (SSSR count). The summed E-state index contributed by atoms with van der Waals surface area (Å²) in [6, 6.07) is 19.5. The maximum absolute atomic E-state index is 12.2. The van der Waals surface area contributed by atoms with Gasteiger partial charge in [0.2, 0.25) is 5.91 Å². The molecule has 0 unspecified atom stereocenters. The summed E-state index contributed by atoms with van der Waals surface area (Å²) in [5, 5.41) is 6.25. The summed E-state index contributed by atoms with van der Waals surface area (Å²) in [6.07, 6.45) is 1.86. The quantitative estimate of drug-likeness (QED) is 0.512. The van der Waals surface area contributed by atoms with Crippen molar-refractivity contribution >= 4 is 22.9 Å². The van der Waals surface area contributed by atoms with E-state index < -0.39 is 0 Å². The van der Waals surface area contributed by atoms with Gasteiger partial charge in [0.05, 0.1) is 26.4 Å². The van der Waals surface area contributed by atoms with Crippen LogP contribution in [-0.4, -0.2) is 25.8 Å². The van der Waals surface area contributed by atoms with Crippen molar-refractivity contribution in [2.24, 2.45) is 5.10 Å². The Hall–Kier alpha value is -3.34. The molecule has 0 saturated carbocycles. The highest BCUT2D eigenvalue weighted by Crippen LogP contribution is 2.27. The van der Waals surface area contributed by atoms with E-state index in [-0.39, 0.29) is 12.3 Å². The Kier molecular flexibility index (Phi) is 6.05. The average molecular weight is 362 g/mol. The molecule has 0 aliphatic carbocycles. The van der Waals surface area contributed by atoms with Crippen LogP contribution in [0.1, 0.15) is 18.1 Å². The molecule has 5 heteroatoms. The normalized spacial score (nSPS) is 10.9. The van der Waals surface area contributed by atoms with E-state index in [1.807, 2.05) is 67.6 Å². The molecule has 0 aliphatic heterocycles. The molecule has 0 bridgehead atoms. The number of ether oxygens (including phenoxy) is 2. The van der Waals surface area contributed by atoms with E-state index in [4.69, 9.17) is 9.47 Å². The number of amides is 1. The van der Waals surface area contributed by atoms with Gasteiger partial charge in [0, 0.05) is 0 Å². The number of hydrogen-bond acceptors (Lipinski definition) is 4. The van der Waals surface area contributed by atoms with Crippen LogP contribution in [0.5, 0.6) is 11.5 Å². The van der Waals surface area contributed by atoms with Crippen molar-refractivity contribution in [1.29, 1.82) is 0 Å². The summed E-state index contributed by atoms with van der Waals surface area (Å²) in [4.78, 5) is 12.2. The maximum Gasteiger partial charge on any atom is 0.244 e. The van der Waals surface area contributed by atoms with Crippen LogP contribution in [0.15, 0.2) is 65.8 Å². The lowest BCUT2D eigenvalue weighted by molar-refractivity contribution is -0.120. The SMILES string of the molecule is CCOc1cc(/C=N\NC(=O)Cc2cccc3ccccc23)ccc1OC. The Balaban J connectivity index is 1.66. The predicted octanol–water partition coefficient (Wildman–Crippen LogP) is 3.94. The van der Waals surface area contributed by atoms with E-state index in [0.717, 1.165) is 21.9 Å². The highest BCUT2D eigenvalue weighted by Gasteiger charge is 2.07. The molecular formula is C22H22N2O3. The van der Waals surface area contributed by atoms with Gasteiger partial charge < -0.3 is 9.47 Å². The fourth-order valence-electron chi connectivity index (χ4n) is 2.88. The standard InChI is InChI=1S/C22H22N2O3/c1-3-27-21-13-16(11-12-20(21)26-2)15-23-24-22(25)14-18-9-6-8-17-7-4-5-10-19(17)18/h4-13,15H,3,14H2,1-2H3,(H,24,25)/b23-15-. The molecule has 1 amide bonds. The number of rotatable bonds is 7. The first kappa shape index (κ1) is 18.5. The Labute approximate surface area is 158 Å². The van der Waals surface area contributed by atoms with Crippen molar-refractivity contribution in [3.63, 3.8) is 0 Å². The lowest BCUT2D eigenvalue weighted by atomic mass is 10.0. The second-order valence-corrected chi connectivity index (χ2v) is 5.95. The Morgan fingerprint density at radius 1 is 1.07 bits per heavy atom. The molecular weight excluding hydrogens is 340 g/mol. The number of benzene rings is 3. The predicted molar refractivity (Wildman–Crippen MR) is 108 cm³/mol. The van der Waals surface area contributed by atoms with E-state index in [2.05, 4.69) is 10.5 Å². The summed E-state index contributed by atoms with van der Waals surface area (Å²) < 4.78 is 10.8. The zero-order valence-electron chi connectivity index (χ0n) is 15.4. The lowest BCUT2D eigenvalue weighted by Crippen LogP contribution is -2.19. The van der Waals surface area contributed by atoms with Crippen LogP contribution >= 0.6 is 0 Å². The third-order valence-electron chi connectivity index (χ3n) is 4.12. The molecule has 0 heterocycles. The maximum atomic E-state index is 12.2. The van der Waals surface area contributed by atoms with Crippen LogP contribution < -0.4 is 14.9 Å². The molecule has 27 heavy (non-hydrogen) atoms. The van der Waals surface area contributed by atoms with Crippen molar-refractivity contribution in [3.8, 4) is 11.5 Å². The molecule has 5 nitrogen and oxygen atoms in total. The van der Waals surface area contributed by atoms with E-state index in [1.165, 1.54) is 0 Å². The number of methoxy groups -OCH3 is 1. The van der Waals surface area contributed by atoms with Crippen LogP contribution in [0.2, 0.25) is 0 Å². The smallest absolute Gasteiger partial charge is 0.244 e. The zero-order valence-corrected chi connectivity index (χ0v) is 15.4. The number of nitrogens with zero attached hydrogens (tertiary/aromatic N) is 1. The second kappa shape index (κ2) is 8.85. The van der Waals surface area contributed by atoms with E-state index in [9.17, 15) is 4.79 Å². The molecule has 0 aromatic heterocycles. The molecule has 0 saturated heterocycles. The number of carbonyl (C=O) groups is 1. The van der Waals surface area contributed by atoms with Crippen LogP contribution in [0.4, 0.5) is 0 Å². The second-order valence-electron chi connectivity index (χ2n) is 5.95. The molecule has 0 spiro atoms. The molecule has 0 aliphatic rings. The molecule has 0 atom stereocenters. The monoisotopic (exact) mass is 362 g/mol. The van der Waals surface area contributed by atoms with Gasteiger partial charge in [-0.3, -0.25) is 4.79 Å². The van der Waals surface area contributed by atoms with Crippen molar-refractivity contribution in [1.82, 2.24) is 5.43 Å². The lowest BCUT2D eigenvalue weighted by Gasteiger charge is -2.09. The largest absolute Gasteiger partial charge is 0.493 e. The van der Waals surface area contributed by atoms with E-state index >= 15 is 0 Å². The van der Waals surface area contributed by atoms with Crippen molar-refractivity contribution in [3.05, 3.63) is 71.8 Å². The minimum absolute atomic E-state index is 0.166. The summed E-state index contributed by atoms with van der Waals surface area (Å²) in [6.45, 7) is 2.45. The van der Waals surface area contributed by atoms with E-state index in [0.29, 0.717) is 18.1 Å². The molecule has 3 aromatic carbocycles. The molecule has 0 fully saturated rings. The summed E-state index contributed by atoms with van der Waals surface area (Å²) in [7, 11) is 1.60. The van der Waals surface area contributed by atoms with Crippen LogP contribution in [0.3, 0.4) is 0 Å². The van der Waals surface area contributed by atoms with E-state index in [1.54, 1.807) is 13.3 Å². The highest BCUT2D eigenvalue weighted by molar-refractivity contribution is 5.90. The minimum Gasteiger partial charge on any atom is -0.493 e. The first-order chi connectivity index (χ1) is 13.2. The molecule has 3 aromatic rings. The first-order valence-corrected chi connectivity index (χ1v) is 8.80. The number of hydrogen-bond donors (Lipinski definition) is 1. The Bertz CT molecular complexity index is 961. The molecule has 1 N–H and O–H groups in total. The first-order valence-electron chi connectivity index (χ1n) is 8.80. The minimum atomic E-state index is -0.166. The molecule has 0 radical (unpaired) electrons. The van der Waals surface area contributed by atoms with Crippen molar-refractivity contribution < 1.29 is 14.3 Å². The number of fused-ring (bicyclic) bond motifs is 1. The topological polar surface area (TPSA) is 59.9 Å². The third kappa shape index (κ3) is 4.64. The average Bonchev–Trinajstić information content (AvgIpc) is 2.69. The van der Waals surface area contributed by atoms with Crippen LogP contribution in [-0.2, 0) is 11.2 Å². The van der Waals surface area contributed by atoms with Crippen LogP contribution in [0, 0.1) is 0 Å². The Morgan fingerprint density at radius 3 is 2.70 bits per heavy atom. The number of carbonyl (C=O) groups excluding carboxylic acids is 1. The van der Waals surface area contributed by atoms with Crippen molar-refractivity contribution in [2.45, 2.75) is 13.3 Å². The van der Waals surface area contributed by atoms with Crippen LogP contribution in [0.25, 0.3) is 10.8 Å². The highest BCUT2D eigenvalue weighted by atomic mass is 16.5. The number of hydrazone groups is 1. The fourth-order valence-corrected chi connectivity index (χ4v) is 2.88. The summed E-state index contributed by atoms with van der Waals surface area (Å²) in [5.41, 5.74) is 4.37. The Morgan fingerprint density at radius 2 is 1.89 bits per heavy atom. The summed E-state index contributed by atoms with van der Waals surface area (Å²) >= 11 is 0. The zero-order chi connectivity index (χ0) is 19.1. The van der Waals surface area contributed by atoms with Gasteiger partial charge in [-0.05, 0) is 47.0 Å². The van der Waals surface area contributed by atoms with Gasteiger partial charge >= 0.3 is 0 Å². The van der Waals surface area contributed by atoms with Gasteiger partial charge in [0.25, 0.3) is 0 Å². The van der Waals surface area contributed by atoms with Gasteiger partial charge in [0.1, 0.15) is 0 Å². The third-order valence-corrected chi connectivity index (χ3v) is 4.12. The number of nitrogens with one attached hydrogen (secondary N) is 1. The molecule has 138 valence electrons. The van der Waals surface area contributed by atoms with Gasteiger partial charge in [0.15, 0.2) is 11.5 Å². The van der Waals surface area contributed by atoms with Gasteiger partial charge in [-0.15, -0.1) is 0 Å². The van der Waals surface area contributed by atoms with Gasteiger partial charge in [-0.1, -0.05) is 42.5 Å². The van der Waals surface area contributed by atoms with Crippen molar-refractivity contribution in [2.75, 3.05) is 13.7 Å². The summed E-state index contributed by atoms with van der Waals surface area (Å²) in [5.74, 6) is 1.14.